The van der Waals surface area contributed by atoms with Crippen LogP contribution in [0.5, 0.6) is 5.75 Å². The SMILES string of the molecule is CCC1CCOC(c2ccccc2OC)CN1. The Balaban J connectivity index is 2.11. The summed E-state index contributed by atoms with van der Waals surface area (Å²) in [5.41, 5.74) is 1.14. The molecule has 2 rings (SSSR count). The van der Waals surface area contributed by atoms with E-state index in [-0.39, 0.29) is 6.10 Å². The second-order valence-corrected chi connectivity index (χ2v) is 4.40. The summed E-state index contributed by atoms with van der Waals surface area (Å²) in [5, 5.41) is 3.55. The summed E-state index contributed by atoms with van der Waals surface area (Å²) in [7, 11) is 1.71. The lowest BCUT2D eigenvalue weighted by atomic mass is 10.1. The van der Waals surface area contributed by atoms with Crippen LogP contribution in [0.4, 0.5) is 0 Å². The number of hydrogen-bond donors (Lipinski definition) is 1. The monoisotopic (exact) mass is 235 g/mol. The predicted molar refractivity (Wildman–Crippen MR) is 68.4 cm³/mol. The molecule has 2 atom stereocenters. The van der Waals surface area contributed by atoms with E-state index in [1.807, 2.05) is 18.2 Å². The molecule has 0 spiro atoms. The fourth-order valence-electron chi connectivity index (χ4n) is 2.27. The van der Waals surface area contributed by atoms with E-state index >= 15 is 0 Å². The lowest BCUT2D eigenvalue weighted by Gasteiger charge is -2.18. The Morgan fingerprint density at radius 1 is 1.41 bits per heavy atom. The van der Waals surface area contributed by atoms with Gasteiger partial charge in [0, 0.05) is 24.8 Å². The number of rotatable bonds is 3. The van der Waals surface area contributed by atoms with Crippen molar-refractivity contribution in [3.63, 3.8) is 0 Å². The number of nitrogens with one attached hydrogen (secondary N) is 1. The third-order valence-corrected chi connectivity index (χ3v) is 3.36. The van der Waals surface area contributed by atoms with Gasteiger partial charge in [0.15, 0.2) is 0 Å². The summed E-state index contributed by atoms with van der Waals surface area (Å²) in [6.07, 6.45) is 2.34. The molecule has 1 saturated heterocycles. The number of hydrogen-bond acceptors (Lipinski definition) is 3. The van der Waals surface area contributed by atoms with Crippen LogP contribution in [0.25, 0.3) is 0 Å². The van der Waals surface area contributed by atoms with Gasteiger partial charge < -0.3 is 14.8 Å². The maximum atomic E-state index is 5.92. The van der Waals surface area contributed by atoms with Crippen LogP contribution in [0.2, 0.25) is 0 Å². The van der Waals surface area contributed by atoms with E-state index in [9.17, 15) is 0 Å². The smallest absolute Gasteiger partial charge is 0.124 e. The first-order chi connectivity index (χ1) is 8.35. The normalized spacial score (nSPS) is 25.3. The van der Waals surface area contributed by atoms with Crippen molar-refractivity contribution in [3.8, 4) is 5.75 Å². The van der Waals surface area contributed by atoms with E-state index in [2.05, 4.69) is 18.3 Å². The minimum absolute atomic E-state index is 0.0997. The van der Waals surface area contributed by atoms with Crippen molar-refractivity contribution in [2.75, 3.05) is 20.3 Å². The van der Waals surface area contributed by atoms with Crippen LogP contribution >= 0.6 is 0 Å². The van der Waals surface area contributed by atoms with Crippen LogP contribution < -0.4 is 10.1 Å². The van der Waals surface area contributed by atoms with Gasteiger partial charge in [-0.1, -0.05) is 25.1 Å². The molecule has 1 heterocycles. The first kappa shape index (κ1) is 12.4. The van der Waals surface area contributed by atoms with E-state index < -0.39 is 0 Å². The summed E-state index contributed by atoms with van der Waals surface area (Å²) < 4.78 is 11.3. The zero-order valence-corrected chi connectivity index (χ0v) is 10.6. The molecule has 2 unspecified atom stereocenters. The van der Waals surface area contributed by atoms with Crippen molar-refractivity contribution in [1.82, 2.24) is 5.32 Å². The molecule has 94 valence electrons. The molecule has 1 aliphatic rings. The summed E-state index contributed by atoms with van der Waals surface area (Å²) >= 11 is 0. The van der Waals surface area contributed by atoms with Gasteiger partial charge in [-0.3, -0.25) is 0 Å². The average molecular weight is 235 g/mol. The highest BCUT2D eigenvalue weighted by Crippen LogP contribution is 2.28. The second-order valence-electron chi connectivity index (χ2n) is 4.40. The first-order valence-electron chi connectivity index (χ1n) is 6.33. The van der Waals surface area contributed by atoms with E-state index in [4.69, 9.17) is 9.47 Å². The molecular formula is C14H21NO2. The third-order valence-electron chi connectivity index (χ3n) is 3.36. The molecule has 1 fully saturated rings. The molecule has 1 N–H and O–H groups in total. The van der Waals surface area contributed by atoms with Crippen molar-refractivity contribution in [2.45, 2.75) is 31.9 Å². The molecule has 1 aromatic carbocycles. The van der Waals surface area contributed by atoms with Gasteiger partial charge in [-0.15, -0.1) is 0 Å². The number of methoxy groups -OCH3 is 1. The quantitative estimate of drug-likeness (QED) is 0.873. The summed E-state index contributed by atoms with van der Waals surface area (Å²) in [6, 6.07) is 8.66. The van der Waals surface area contributed by atoms with Crippen molar-refractivity contribution >= 4 is 0 Å². The van der Waals surface area contributed by atoms with E-state index in [1.54, 1.807) is 7.11 Å². The van der Waals surface area contributed by atoms with Crippen LogP contribution in [0.1, 0.15) is 31.4 Å². The Morgan fingerprint density at radius 3 is 3.00 bits per heavy atom. The van der Waals surface area contributed by atoms with Crippen molar-refractivity contribution in [3.05, 3.63) is 29.8 Å². The zero-order valence-electron chi connectivity index (χ0n) is 10.6. The van der Waals surface area contributed by atoms with Gasteiger partial charge in [-0.05, 0) is 18.9 Å². The van der Waals surface area contributed by atoms with Gasteiger partial charge in [0.25, 0.3) is 0 Å². The Morgan fingerprint density at radius 2 is 2.24 bits per heavy atom. The summed E-state index contributed by atoms with van der Waals surface area (Å²) in [5.74, 6) is 0.911. The Labute approximate surface area is 103 Å². The lowest BCUT2D eigenvalue weighted by Crippen LogP contribution is -2.29. The van der Waals surface area contributed by atoms with E-state index in [0.29, 0.717) is 6.04 Å². The van der Waals surface area contributed by atoms with Crippen molar-refractivity contribution in [1.29, 1.82) is 0 Å². The number of benzene rings is 1. The fraction of sp³-hybridized carbons (Fsp3) is 0.571. The van der Waals surface area contributed by atoms with Crippen LogP contribution in [0.15, 0.2) is 24.3 Å². The van der Waals surface area contributed by atoms with Crippen molar-refractivity contribution < 1.29 is 9.47 Å². The van der Waals surface area contributed by atoms with Gasteiger partial charge in [0.1, 0.15) is 5.75 Å². The van der Waals surface area contributed by atoms with Gasteiger partial charge in [-0.25, -0.2) is 0 Å². The van der Waals surface area contributed by atoms with Gasteiger partial charge in [-0.2, -0.15) is 0 Å². The highest BCUT2D eigenvalue weighted by molar-refractivity contribution is 5.35. The lowest BCUT2D eigenvalue weighted by molar-refractivity contribution is 0.0646. The minimum Gasteiger partial charge on any atom is -0.496 e. The second kappa shape index (κ2) is 6.03. The first-order valence-corrected chi connectivity index (χ1v) is 6.33. The standard InChI is InChI=1S/C14H21NO2/c1-3-11-8-9-17-14(10-15-11)12-6-4-5-7-13(12)16-2/h4-7,11,14-15H,3,8-10H2,1-2H3. The molecule has 3 nitrogen and oxygen atoms in total. The number of para-hydroxylation sites is 1. The highest BCUT2D eigenvalue weighted by atomic mass is 16.5. The van der Waals surface area contributed by atoms with Gasteiger partial charge in [0.2, 0.25) is 0 Å². The molecule has 17 heavy (non-hydrogen) atoms. The minimum atomic E-state index is 0.0997. The van der Waals surface area contributed by atoms with Crippen molar-refractivity contribution in [2.24, 2.45) is 0 Å². The zero-order chi connectivity index (χ0) is 12.1. The molecule has 0 saturated carbocycles. The number of ether oxygens (including phenoxy) is 2. The maximum Gasteiger partial charge on any atom is 0.124 e. The molecule has 3 heteroatoms. The highest BCUT2D eigenvalue weighted by Gasteiger charge is 2.21. The van der Waals surface area contributed by atoms with Gasteiger partial charge >= 0.3 is 0 Å². The molecule has 1 aromatic rings. The van der Waals surface area contributed by atoms with Crippen LogP contribution in [-0.4, -0.2) is 26.3 Å². The van der Waals surface area contributed by atoms with Crippen LogP contribution in [0.3, 0.4) is 0 Å². The topological polar surface area (TPSA) is 30.5 Å². The predicted octanol–water partition coefficient (Wildman–Crippen LogP) is 2.52. The summed E-state index contributed by atoms with van der Waals surface area (Å²) in [4.78, 5) is 0. The summed E-state index contributed by atoms with van der Waals surface area (Å²) in [6.45, 7) is 3.88. The van der Waals surface area contributed by atoms with Crippen LogP contribution in [-0.2, 0) is 4.74 Å². The van der Waals surface area contributed by atoms with Crippen LogP contribution in [0, 0.1) is 0 Å². The average Bonchev–Trinajstić information content (AvgIpc) is 2.63. The molecule has 0 amide bonds. The Hall–Kier alpha value is -1.06. The molecule has 0 radical (unpaired) electrons. The molecule has 0 bridgehead atoms. The molecular weight excluding hydrogens is 214 g/mol. The molecule has 1 aliphatic heterocycles. The largest absolute Gasteiger partial charge is 0.496 e. The molecule has 0 aromatic heterocycles. The maximum absolute atomic E-state index is 5.92. The Bertz CT molecular complexity index is 354. The molecule has 0 aliphatic carbocycles. The third kappa shape index (κ3) is 2.99. The van der Waals surface area contributed by atoms with E-state index in [0.717, 1.165) is 37.3 Å². The van der Waals surface area contributed by atoms with E-state index in [1.165, 1.54) is 0 Å². The Kier molecular flexibility index (Phi) is 4.40. The fourth-order valence-corrected chi connectivity index (χ4v) is 2.27. The van der Waals surface area contributed by atoms with Gasteiger partial charge in [0.05, 0.1) is 13.2 Å².